The minimum Gasteiger partial charge on any atom is -0.493 e. The second kappa shape index (κ2) is 8.77. The Kier molecular flexibility index (Phi) is 5.47. The number of aromatic nitrogens is 4. The first-order valence-corrected chi connectivity index (χ1v) is 12.0. The van der Waals surface area contributed by atoms with Crippen molar-refractivity contribution in [3.05, 3.63) is 59.8 Å². The molecule has 0 unspecified atom stereocenters. The van der Waals surface area contributed by atoms with E-state index in [1.807, 2.05) is 10.6 Å². The summed E-state index contributed by atoms with van der Waals surface area (Å²) >= 11 is 0. The van der Waals surface area contributed by atoms with Gasteiger partial charge in [-0.3, -0.25) is 0 Å². The number of fused-ring (bicyclic) bond motifs is 1. The molecule has 0 aliphatic carbocycles. The molecule has 0 spiro atoms. The molecule has 8 heteroatoms. The largest absolute Gasteiger partial charge is 0.493 e. The first-order chi connectivity index (χ1) is 16.7. The fraction of sp³-hybridized carbons (Fsp3) is 0.385. The molecule has 5 heterocycles. The van der Waals surface area contributed by atoms with Crippen molar-refractivity contribution in [3.8, 4) is 22.8 Å². The smallest absolute Gasteiger partial charge is 0.214 e. The Morgan fingerprint density at radius 2 is 1.62 bits per heavy atom. The van der Waals surface area contributed by atoms with Gasteiger partial charge in [0, 0.05) is 49.9 Å². The number of ether oxygens (including phenoxy) is 2. The second-order valence-corrected chi connectivity index (χ2v) is 9.13. The molecular weight excluding hydrogens is 430 g/mol. The number of rotatable bonds is 4. The second-order valence-electron chi connectivity index (χ2n) is 9.13. The molecular formula is C26H29N5O3. The molecule has 2 aliphatic heterocycles. The van der Waals surface area contributed by atoms with E-state index in [9.17, 15) is 5.11 Å². The van der Waals surface area contributed by atoms with Crippen LogP contribution in [0.4, 0.5) is 5.82 Å². The molecule has 0 bridgehead atoms. The maximum absolute atomic E-state index is 10.8. The number of aromatic hydroxyl groups is 1. The Morgan fingerprint density at radius 3 is 2.38 bits per heavy atom. The van der Waals surface area contributed by atoms with Crippen LogP contribution in [-0.4, -0.2) is 64.0 Å². The normalized spacial score (nSPS) is 17.5. The van der Waals surface area contributed by atoms with Gasteiger partial charge in [0.1, 0.15) is 5.82 Å². The fourth-order valence-electron chi connectivity index (χ4n) is 4.85. The van der Waals surface area contributed by atoms with E-state index in [-0.39, 0.29) is 5.88 Å². The highest BCUT2D eigenvalue weighted by Crippen LogP contribution is 2.32. The van der Waals surface area contributed by atoms with Crippen LogP contribution >= 0.6 is 0 Å². The molecule has 4 aromatic rings. The molecule has 34 heavy (non-hydrogen) atoms. The fourth-order valence-corrected chi connectivity index (χ4v) is 4.85. The molecule has 1 aromatic carbocycles. The molecule has 0 atom stereocenters. The molecule has 0 saturated carbocycles. The summed E-state index contributed by atoms with van der Waals surface area (Å²) in [6, 6.07) is 16.4. The number of pyridine rings is 1. The summed E-state index contributed by atoms with van der Waals surface area (Å²) in [5.41, 5.74) is 5.91. The predicted octanol–water partition coefficient (Wildman–Crippen LogP) is 3.93. The standard InChI is InChI=1S/C26H29N5O3/c1-18-2-4-19(5-3-18)23-15-21-14-22(16-25(30(21)27-23)29-8-12-34-13-9-29)31-26(32)17-24(28-31)20-6-10-33-11-7-20/h2-5,14-17,20,32H,6-13H2,1H3. The van der Waals surface area contributed by atoms with Gasteiger partial charge < -0.3 is 19.5 Å². The van der Waals surface area contributed by atoms with Crippen LogP contribution in [0, 0.1) is 6.92 Å². The molecule has 1 N–H and O–H groups in total. The van der Waals surface area contributed by atoms with Gasteiger partial charge in [-0.2, -0.15) is 10.2 Å². The zero-order chi connectivity index (χ0) is 23.1. The lowest BCUT2D eigenvalue weighted by Gasteiger charge is -2.29. The predicted molar refractivity (Wildman–Crippen MR) is 130 cm³/mol. The van der Waals surface area contributed by atoms with Gasteiger partial charge in [0.05, 0.1) is 35.8 Å². The number of anilines is 1. The van der Waals surface area contributed by atoms with E-state index in [1.54, 1.807) is 10.7 Å². The Hall–Kier alpha value is -3.36. The Balaban J connectivity index is 1.46. The van der Waals surface area contributed by atoms with Gasteiger partial charge in [-0.05, 0) is 31.9 Å². The topological polar surface area (TPSA) is 77.0 Å². The van der Waals surface area contributed by atoms with Gasteiger partial charge >= 0.3 is 0 Å². The summed E-state index contributed by atoms with van der Waals surface area (Å²) in [6.45, 7) is 6.50. The lowest BCUT2D eigenvalue weighted by Crippen LogP contribution is -2.37. The van der Waals surface area contributed by atoms with Gasteiger partial charge in [0.2, 0.25) is 5.88 Å². The highest BCUT2D eigenvalue weighted by molar-refractivity contribution is 5.71. The Bertz CT molecular complexity index is 1300. The summed E-state index contributed by atoms with van der Waals surface area (Å²) in [4.78, 5) is 2.28. The Morgan fingerprint density at radius 1 is 0.882 bits per heavy atom. The number of nitrogens with zero attached hydrogens (tertiary/aromatic N) is 5. The first-order valence-electron chi connectivity index (χ1n) is 12.0. The molecule has 176 valence electrons. The van der Waals surface area contributed by atoms with Crippen LogP contribution in [-0.2, 0) is 9.47 Å². The van der Waals surface area contributed by atoms with Crippen molar-refractivity contribution >= 4 is 11.3 Å². The maximum Gasteiger partial charge on any atom is 0.214 e. The number of hydrogen-bond acceptors (Lipinski definition) is 6. The number of morpholine rings is 1. The van der Waals surface area contributed by atoms with E-state index in [2.05, 4.69) is 48.2 Å². The third-order valence-electron chi connectivity index (χ3n) is 6.80. The average molecular weight is 460 g/mol. The lowest BCUT2D eigenvalue weighted by molar-refractivity contribution is 0.0844. The van der Waals surface area contributed by atoms with Crippen molar-refractivity contribution in [2.75, 3.05) is 44.4 Å². The van der Waals surface area contributed by atoms with Crippen LogP contribution in [0.15, 0.2) is 48.5 Å². The quantitative estimate of drug-likeness (QED) is 0.498. The van der Waals surface area contributed by atoms with Crippen molar-refractivity contribution in [2.24, 2.45) is 0 Å². The van der Waals surface area contributed by atoms with Crippen LogP contribution in [0.25, 0.3) is 22.5 Å². The van der Waals surface area contributed by atoms with Crippen molar-refractivity contribution in [3.63, 3.8) is 0 Å². The van der Waals surface area contributed by atoms with Gasteiger partial charge in [0.15, 0.2) is 0 Å². The molecule has 2 saturated heterocycles. The van der Waals surface area contributed by atoms with E-state index < -0.39 is 0 Å². The van der Waals surface area contributed by atoms with Crippen molar-refractivity contribution < 1.29 is 14.6 Å². The molecule has 2 fully saturated rings. The lowest BCUT2D eigenvalue weighted by atomic mass is 9.97. The van der Waals surface area contributed by atoms with Crippen LogP contribution in [0.1, 0.15) is 30.0 Å². The van der Waals surface area contributed by atoms with Crippen molar-refractivity contribution in [1.82, 2.24) is 19.4 Å². The summed E-state index contributed by atoms with van der Waals surface area (Å²) in [6.07, 6.45) is 1.86. The minimum atomic E-state index is 0.150. The molecule has 0 radical (unpaired) electrons. The third kappa shape index (κ3) is 3.93. The van der Waals surface area contributed by atoms with Gasteiger partial charge in [0.25, 0.3) is 0 Å². The number of aryl methyl sites for hydroxylation is 1. The number of benzene rings is 1. The van der Waals surface area contributed by atoms with Crippen LogP contribution < -0.4 is 4.90 Å². The summed E-state index contributed by atoms with van der Waals surface area (Å²) in [5.74, 6) is 1.43. The molecule has 6 rings (SSSR count). The van der Waals surface area contributed by atoms with Crippen LogP contribution in [0.5, 0.6) is 5.88 Å². The summed E-state index contributed by atoms with van der Waals surface area (Å²) in [7, 11) is 0. The molecule has 3 aromatic heterocycles. The van der Waals surface area contributed by atoms with E-state index in [1.165, 1.54) is 5.56 Å². The molecule has 0 amide bonds. The van der Waals surface area contributed by atoms with Crippen LogP contribution in [0.3, 0.4) is 0 Å². The van der Waals surface area contributed by atoms with Gasteiger partial charge in [-0.25, -0.2) is 9.20 Å². The zero-order valence-electron chi connectivity index (χ0n) is 19.4. The van der Waals surface area contributed by atoms with E-state index in [0.29, 0.717) is 19.1 Å². The van der Waals surface area contributed by atoms with E-state index >= 15 is 0 Å². The first kappa shape index (κ1) is 21.2. The monoisotopic (exact) mass is 459 g/mol. The summed E-state index contributed by atoms with van der Waals surface area (Å²) in [5, 5.41) is 20.6. The summed E-state index contributed by atoms with van der Waals surface area (Å²) < 4.78 is 14.7. The van der Waals surface area contributed by atoms with E-state index in [0.717, 1.165) is 73.1 Å². The van der Waals surface area contributed by atoms with Gasteiger partial charge in [-0.15, -0.1) is 0 Å². The molecule has 2 aliphatic rings. The number of hydrogen-bond donors (Lipinski definition) is 1. The van der Waals surface area contributed by atoms with Gasteiger partial charge in [-0.1, -0.05) is 29.8 Å². The average Bonchev–Trinajstić information content (AvgIpc) is 3.48. The minimum absolute atomic E-state index is 0.150. The van der Waals surface area contributed by atoms with Crippen LogP contribution in [0.2, 0.25) is 0 Å². The molecule has 8 nitrogen and oxygen atoms in total. The SMILES string of the molecule is Cc1ccc(-c2cc3cc(-n4nc(C5CCOCC5)cc4O)cc(N4CCOCC4)n3n2)cc1. The highest BCUT2D eigenvalue weighted by atomic mass is 16.5. The zero-order valence-corrected chi connectivity index (χ0v) is 19.4. The van der Waals surface area contributed by atoms with Crippen molar-refractivity contribution in [2.45, 2.75) is 25.7 Å². The third-order valence-corrected chi connectivity index (χ3v) is 6.80. The Labute approximate surface area is 198 Å². The maximum atomic E-state index is 10.8. The van der Waals surface area contributed by atoms with Crippen molar-refractivity contribution in [1.29, 1.82) is 0 Å². The highest BCUT2D eigenvalue weighted by Gasteiger charge is 2.23. The van der Waals surface area contributed by atoms with E-state index in [4.69, 9.17) is 19.7 Å².